The zero-order valence-corrected chi connectivity index (χ0v) is 51.2. The number of amides is 2. The molecule has 2 saturated heterocycles. The van der Waals surface area contributed by atoms with Crippen LogP contribution in [0.3, 0.4) is 0 Å². The molecule has 0 radical (unpaired) electrons. The number of nitrogens with one attached hydrogen (secondary N) is 2. The summed E-state index contributed by atoms with van der Waals surface area (Å²) < 4.78 is 121. The Morgan fingerprint density at radius 2 is 1.31 bits per heavy atom. The van der Waals surface area contributed by atoms with E-state index in [1.807, 2.05) is 37.3 Å². The van der Waals surface area contributed by atoms with Crippen molar-refractivity contribution >= 4 is 23.7 Å². The summed E-state index contributed by atoms with van der Waals surface area (Å²) in [6.45, 7) is 10.1. The van der Waals surface area contributed by atoms with Crippen LogP contribution in [0.4, 0.5) is 27.9 Å². The van der Waals surface area contributed by atoms with Gasteiger partial charge in [0, 0.05) is 93.0 Å². The summed E-state index contributed by atoms with van der Waals surface area (Å²) in [4.78, 5) is 51.8. The first-order chi connectivity index (χ1) is 44.3. The Bertz CT molecular complexity index is 3090. The first kappa shape index (κ1) is 67.2. The third kappa shape index (κ3) is 17.7. The second kappa shape index (κ2) is 32.7. The number of carbonyl (C=O) groups excluding carboxylic acids is 3. The van der Waals surface area contributed by atoms with Crippen LogP contribution >= 0.6 is 0 Å². The fourth-order valence-electron chi connectivity index (χ4n) is 12.7. The minimum absolute atomic E-state index is 0.0556. The van der Waals surface area contributed by atoms with Gasteiger partial charge < -0.3 is 62.7 Å². The minimum Gasteiger partial charge on any atom is -0.420 e. The van der Waals surface area contributed by atoms with Crippen LogP contribution in [0.1, 0.15) is 109 Å². The second-order valence-electron chi connectivity index (χ2n) is 23.4. The number of aryl methyl sites for hydroxylation is 1. The molecule has 4 unspecified atom stereocenters. The molecule has 2 aliphatic heterocycles. The highest BCUT2D eigenvalue weighted by Crippen LogP contribution is 2.73. The van der Waals surface area contributed by atoms with E-state index in [2.05, 4.69) is 55.1 Å². The number of carbonyl (C=O) groups is 3. The SMILES string of the molecule is Cc1nnc(C2CN(c3ncc(C(=O)NCCOCCOCCOCCOCc4cn(CCOCCOCCOCCOCCC(=O)Oc5c(F)cc(F)cc5F)nn4)cn3)C2)n1C1CC2N(CC[C@H](NC(=O)C3CCC(F)(F)CC3)c3ccccc3)C3CCC321. The van der Waals surface area contributed by atoms with Gasteiger partial charge in [-0.2, -0.15) is 0 Å². The van der Waals surface area contributed by atoms with Gasteiger partial charge in [-0.3, -0.25) is 19.3 Å². The van der Waals surface area contributed by atoms with Gasteiger partial charge in [0.15, 0.2) is 11.6 Å². The molecule has 91 heavy (non-hydrogen) atoms. The number of piperidine rings is 2. The van der Waals surface area contributed by atoms with Gasteiger partial charge in [0.1, 0.15) is 23.2 Å². The van der Waals surface area contributed by atoms with Crippen LogP contribution in [-0.4, -0.2) is 206 Å². The number of hydrogen-bond donors (Lipinski definition) is 2. The van der Waals surface area contributed by atoms with E-state index in [1.165, 1.54) is 0 Å². The molecule has 5 aliphatic rings. The molecular formula is C62H81F5N12O12. The highest BCUT2D eigenvalue weighted by molar-refractivity contribution is 5.93. The summed E-state index contributed by atoms with van der Waals surface area (Å²) in [6.07, 6.45) is 8.63. The van der Waals surface area contributed by atoms with E-state index in [4.69, 9.17) is 43.0 Å². The number of alkyl halides is 2. The predicted molar refractivity (Wildman–Crippen MR) is 315 cm³/mol. The average Bonchev–Trinajstić information content (AvgIpc) is 1.25. The number of ether oxygens (including phenoxy) is 9. The van der Waals surface area contributed by atoms with Crippen molar-refractivity contribution in [2.24, 2.45) is 11.3 Å². The molecule has 2 aromatic carbocycles. The zero-order chi connectivity index (χ0) is 63.6. The molecule has 496 valence electrons. The van der Waals surface area contributed by atoms with Gasteiger partial charge >= 0.3 is 5.97 Å². The number of nitrogens with zero attached hydrogens (tertiary/aromatic N) is 10. The van der Waals surface area contributed by atoms with Crippen molar-refractivity contribution in [1.82, 2.24) is 55.3 Å². The van der Waals surface area contributed by atoms with Gasteiger partial charge in [-0.15, -0.1) is 15.3 Å². The standard InChI is InChI=1S/C62H81F5N12O12/c1-42-72-74-57(79(42)54-35-53-62(54)14-9-52(62)78(53)16-10-51(43-5-3-2-4-6-43)71-59(82)44-7-12-61(66,67)13-8-44)46-38-76(39-46)60-69-36-45(37-70-60)58(81)68-15-19-84-22-25-87-29-30-89-31-32-90-41-48-40-77(75-73-48)17-20-85-23-26-88-28-27-86-24-21-83-18-11-55(80)91-56-49(64)33-47(63)34-50(56)65/h2-6,33-34,36-37,40,44,46,51-54H,7-32,35,38-39,41H2,1H3,(H,68,81)(H,71,82)/t51-,52?,53?,54?,62?/m0/s1. The Morgan fingerprint density at radius 3 is 1.93 bits per heavy atom. The third-order valence-electron chi connectivity index (χ3n) is 17.6. The lowest BCUT2D eigenvalue weighted by Gasteiger charge is -2.80. The summed E-state index contributed by atoms with van der Waals surface area (Å²) in [5.41, 5.74) is 2.26. The summed E-state index contributed by atoms with van der Waals surface area (Å²) in [6, 6.07) is 11.9. The maximum Gasteiger partial charge on any atom is 0.313 e. The number of likely N-dealkylation sites (tertiary alicyclic amines) is 1. The second-order valence-corrected chi connectivity index (χ2v) is 23.4. The number of halogens is 5. The van der Waals surface area contributed by atoms with Crippen LogP contribution < -0.4 is 20.3 Å². The molecule has 5 fully saturated rings. The van der Waals surface area contributed by atoms with Crippen LogP contribution in [0.25, 0.3) is 0 Å². The van der Waals surface area contributed by atoms with Crippen molar-refractivity contribution in [3.05, 3.63) is 107 Å². The first-order valence-electron chi connectivity index (χ1n) is 31.4. The van der Waals surface area contributed by atoms with E-state index < -0.39 is 35.1 Å². The number of rotatable bonds is 40. The maximum atomic E-state index is 13.9. The Hall–Kier alpha value is -6.70. The summed E-state index contributed by atoms with van der Waals surface area (Å²) in [7, 11) is 0. The van der Waals surface area contributed by atoms with Crippen molar-refractivity contribution in [2.45, 2.75) is 114 Å². The van der Waals surface area contributed by atoms with E-state index in [0.717, 1.165) is 49.4 Å². The number of aromatic nitrogens is 8. The highest BCUT2D eigenvalue weighted by atomic mass is 19.3. The van der Waals surface area contributed by atoms with Gasteiger partial charge in [-0.05, 0) is 51.0 Å². The smallest absolute Gasteiger partial charge is 0.313 e. The maximum absolute atomic E-state index is 13.9. The molecule has 3 saturated carbocycles. The van der Waals surface area contributed by atoms with E-state index in [1.54, 1.807) is 23.3 Å². The minimum atomic E-state index is -2.68. The lowest BCUT2D eigenvalue weighted by atomic mass is 9.40. The molecule has 3 aliphatic carbocycles. The lowest BCUT2D eigenvalue weighted by molar-refractivity contribution is -0.295. The largest absolute Gasteiger partial charge is 0.420 e. The average molecular weight is 1280 g/mol. The highest BCUT2D eigenvalue weighted by Gasteiger charge is 2.75. The first-order valence-corrected chi connectivity index (χ1v) is 31.4. The summed E-state index contributed by atoms with van der Waals surface area (Å²) in [5, 5.41) is 23.6. The molecule has 5 heterocycles. The molecule has 29 heteroatoms. The van der Waals surface area contributed by atoms with Gasteiger partial charge in [0.05, 0.1) is 142 Å². The van der Waals surface area contributed by atoms with E-state index >= 15 is 0 Å². The molecular weight excluding hydrogens is 1200 g/mol. The zero-order valence-electron chi connectivity index (χ0n) is 51.2. The van der Waals surface area contributed by atoms with Crippen LogP contribution in [0.5, 0.6) is 5.75 Å². The Balaban J connectivity index is 0.503. The van der Waals surface area contributed by atoms with Gasteiger partial charge in [-0.25, -0.2) is 36.6 Å². The van der Waals surface area contributed by atoms with Crippen molar-refractivity contribution in [3.63, 3.8) is 0 Å². The monoisotopic (exact) mass is 1280 g/mol. The normalized spacial score (nSPS) is 20.6. The molecule has 5 aromatic rings. The Kier molecular flexibility index (Phi) is 24.2. The molecule has 0 bridgehead atoms. The molecule has 2 amide bonds. The molecule has 3 aromatic heterocycles. The number of esters is 1. The predicted octanol–water partition coefficient (Wildman–Crippen LogP) is 5.90. The Morgan fingerprint density at radius 1 is 0.692 bits per heavy atom. The van der Waals surface area contributed by atoms with Crippen LogP contribution in [0, 0.1) is 35.7 Å². The van der Waals surface area contributed by atoms with E-state index in [-0.39, 0.29) is 93.6 Å². The van der Waals surface area contributed by atoms with Gasteiger partial charge in [0.2, 0.25) is 23.5 Å². The lowest BCUT2D eigenvalue weighted by Crippen LogP contribution is -2.85. The third-order valence-corrected chi connectivity index (χ3v) is 17.6. The fraction of sp³-hybridized carbons (Fsp3) is 0.629. The van der Waals surface area contributed by atoms with Crippen LogP contribution in [-0.2, 0) is 60.6 Å². The topological polar surface area (TPSA) is 252 Å². The van der Waals surface area contributed by atoms with Crippen molar-refractivity contribution in [1.29, 1.82) is 0 Å². The van der Waals surface area contributed by atoms with Gasteiger partial charge in [-0.1, -0.05) is 35.5 Å². The molecule has 5 atom stereocenters. The van der Waals surface area contributed by atoms with Crippen LogP contribution in [0.15, 0.2) is 61.1 Å². The molecule has 2 N–H and O–H groups in total. The number of benzene rings is 2. The summed E-state index contributed by atoms with van der Waals surface area (Å²) in [5.74, 6) is -6.44. The molecule has 10 rings (SSSR count). The fourth-order valence-corrected chi connectivity index (χ4v) is 12.7. The quantitative estimate of drug-likeness (QED) is 0.0200. The number of anilines is 1. The van der Waals surface area contributed by atoms with E-state index in [9.17, 15) is 36.3 Å². The summed E-state index contributed by atoms with van der Waals surface area (Å²) >= 11 is 0. The van der Waals surface area contributed by atoms with Crippen molar-refractivity contribution < 1.29 is 79.0 Å². The van der Waals surface area contributed by atoms with E-state index in [0.29, 0.717) is 153 Å². The Labute approximate surface area is 524 Å². The van der Waals surface area contributed by atoms with Gasteiger partial charge in [0.25, 0.3) is 5.91 Å². The van der Waals surface area contributed by atoms with Crippen molar-refractivity contribution in [2.75, 3.05) is 130 Å². The van der Waals surface area contributed by atoms with Crippen LogP contribution in [0.2, 0.25) is 0 Å². The number of hydrogen-bond acceptors (Lipinski definition) is 20. The molecule has 24 nitrogen and oxygen atoms in total. The molecule has 1 spiro atoms. The van der Waals surface area contributed by atoms with Crippen molar-refractivity contribution in [3.8, 4) is 5.75 Å².